The molecule has 0 unspecified atom stereocenters. The van der Waals surface area contributed by atoms with E-state index in [-0.39, 0.29) is 0 Å². The van der Waals surface area contributed by atoms with Crippen molar-refractivity contribution in [1.82, 2.24) is 20.0 Å². The molecule has 0 atom stereocenters. The number of hydrogen-bond acceptors (Lipinski definition) is 4. The van der Waals surface area contributed by atoms with Crippen LogP contribution < -0.4 is 5.73 Å². The Bertz CT molecular complexity index is 752. The monoisotopic (exact) mass is 285 g/mol. The van der Waals surface area contributed by atoms with Crippen molar-refractivity contribution in [2.45, 2.75) is 6.92 Å². The molecule has 100 valence electrons. The fourth-order valence-electron chi connectivity index (χ4n) is 2.00. The SMILES string of the molecule is Cc1c(Cl)cccc1-n1nnc(-c2cccnc2)c1N. The summed E-state index contributed by atoms with van der Waals surface area (Å²) < 4.78 is 1.59. The fourth-order valence-corrected chi connectivity index (χ4v) is 2.17. The lowest BCUT2D eigenvalue weighted by atomic mass is 10.2. The normalized spacial score (nSPS) is 10.7. The van der Waals surface area contributed by atoms with E-state index in [1.807, 2.05) is 37.3 Å². The van der Waals surface area contributed by atoms with Crippen molar-refractivity contribution in [2.75, 3.05) is 5.73 Å². The Hall–Kier alpha value is -2.40. The Morgan fingerprint density at radius 3 is 2.80 bits per heavy atom. The maximum absolute atomic E-state index is 6.15. The van der Waals surface area contributed by atoms with Gasteiger partial charge in [0.15, 0.2) is 5.82 Å². The third-order valence-electron chi connectivity index (χ3n) is 3.11. The molecule has 0 radical (unpaired) electrons. The Balaban J connectivity index is 2.14. The second-order valence-electron chi connectivity index (χ2n) is 4.36. The zero-order valence-electron chi connectivity index (χ0n) is 10.8. The number of nitrogen functional groups attached to an aromatic ring is 1. The van der Waals surface area contributed by atoms with Gasteiger partial charge in [0.25, 0.3) is 0 Å². The Morgan fingerprint density at radius 1 is 1.20 bits per heavy atom. The molecule has 2 N–H and O–H groups in total. The molecule has 0 saturated carbocycles. The molecule has 2 aromatic heterocycles. The van der Waals surface area contributed by atoms with Crippen molar-refractivity contribution in [3.8, 4) is 16.9 Å². The third kappa shape index (κ3) is 2.02. The Kier molecular flexibility index (Phi) is 3.12. The lowest BCUT2D eigenvalue weighted by molar-refractivity contribution is 0.806. The zero-order valence-corrected chi connectivity index (χ0v) is 11.5. The van der Waals surface area contributed by atoms with Gasteiger partial charge >= 0.3 is 0 Å². The number of hydrogen-bond donors (Lipinski definition) is 1. The summed E-state index contributed by atoms with van der Waals surface area (Å²) >= 11 is 6.13. The summed E-state index contributed by atoms with van der Waals surface area (Å²) in [5.41, 5.74) is 9.32. The van der Waals surface area contributed by atoms with E-state index < -0.39 is 0 Å². The predicted octanol–water partition coefficient (Wildman–Crippen LogP) is 2.87. The van der Waals surface area contributed by atoms with E-state index in [0.29, 0.717) is 16.5 Å². The van der Waals surface area contributed by atoms with Crippen molar-refractivity contribution in [3.63, 3.8) is 0 Å². The van der Waals surface area contributed by atoms with Crippen LogP contribution in [0.15, 0.2) is 42.7 Å². The first-order valence-corrected chi connectivity index (χ1v) is 6.43. The molecule has 0 fully saturated rings. The molecule has 3 aromatic rings. The van der Waals surface area contributed by atoms with Gasteiger partial charge in [0.2, 0.25) is 0 Å². The maximum atomic E-state index is 6.15. The molecule has 1 aromatic carbocycles. The molecule has 2 heterocycles. The maximum Gasteiger partial charge on any atom is 0.155 e. The van der Waals surface area contributed by atoms with Gasteiger partial charge in [-0.25, -0.2) is 0 Å². The van der Waals surface area contributed by atoms with E-state index in [0.717, 1.165) is 16.8 Å². The van der Waals surface area contributed by atoms with E-state index in [2.05, 4.69) is 15.3 Å². The average molecular weight is 286 g/mol. The van der Waals surface area contributed by atoms with Gasteiger partial charge in [-0.15, -0.1) is 5.10 Å². The first-order chi connectivity index (χ1) is 9.68. The average Bonchev–Trinajstić information content (AvgIpc) is 2.85. The lowest BCUT2D eigenvalue weighted by Crippen LogP contribution is -2.04. The summed E-state index contributed by atoms with van der Waals surface area (Å²) in [6.07, 6.45) is 3.40. The number of nitrogens with two attached hydrogens (primary N) is 1. The molecule has 0 bridgehead atoms. The number of halogens is 1. The number of nitrogens with zero attached hydrogens (tertiary/aromatic N) is 4. The van der Waals surface area contributed by atoms with Gasteiger partial charge in [-0.05, 0) is 36.8 Å². The second kappa shape index (κ2) is 4.94. The highest BCUT2D eigenvalue weighted by molar-refractivity contribution is 6.31. The summed E-state index contributed by atoms with van der Waals surface area (Å²) in [5, 5.41) is 8.92. The van der Waals surface area contributed by atoms with Crippen molar-refractivity contribution in [1.29, 1.82) is 0 Å². The van der Waals surface area contributed by atoms with Gasteiger partial charge in [0, 0.05) is 23.0 Å². The van der Waals surface area contributed by atoms with Crippen molar-refractivity contribution < 1.29 is 0 Å². The number of benzene rings is 1. The molecular formula is C14H12ClN5. The summed E-state index contributed by atoms with van der Waals surface area (Å²) in [6.45, 7) is 1.92. The van der Waals surface area contributed by atoms with Crippen molar-refractivity contribution >= 4 is 17.4 Å². The van der Waals surface area contributed by atoms with Gasteiger partial charge in [0.05, 0.1) is 5.69 Å². The number of aromatic nitrogens is 4. The summed E-state index contributed by atoms with van der Waals surface area (Å²) in [4.78, 5) is 4.06. The minimum absolute atomic E-state index is 0.461. The highest BCUT2D eigenvalue weighted by Gasteiger charge is 2.15. The molecule has 0 spiro atoms. The van der Waals surface area contributed by atoms with E-state index in [1.165, 1.54) is 0 Å². The quantitative estimate of drug-likeness (QED) is 0.786. The molecular weight excluding hydrogens is 274 g/mol. The lowest BCUT2D eigenvalue weighted by Gasteiger charge is -2.08. The number of anilines is 1. The van der Waals surface area contributed by atoms with Crippen LogP contribution in [-0.2, 0) is 0 Å². The first-order valence-electron chi connectivity index (χ1n) is 6.05. The van der Waals surface area contributed by atoms with Crippen LogP contribution in [0.5, 0.6) is 0 Å². The highest BCUT2D eigenvalue weighted by atomic mass is 35.5. The van der Waals surface area contributed by atoms with Crippen LogP contribution in [0.4, 0.5) is 5.82 Å². The standard InChI is InChI=1S/C14H12ClN5/c1-9-11(15)5-2-6-12(9)20-14(16)13(18-19-20)10-4-3-7-17-8-10/h2-8H,16H2,1H3. The van der Waals surface area contributed by atoms with Crippen LogP contribution in [0, 0.1) is 6.92 Å². The zero-order chi connectivity index (χ0) is 14.1. The van der Waals surface area contributed by atoms with Crippen LogP contribution in [0.2, 0.25) is 5.02 Å². The van der Waals surface area contributed by atoms with Gasteiger partial charge in [-0.3, -0.25) is 4.98 Å². The molecule has 0 amide bonds. The topological polar surface area (TPSA) is 69.6 Å². The van der Waals surface area contributed by atoms with Gasteiger partial charge < -0.3 is 5.73 Å². The summed E-state index contributed by atoms with van der Waals surface area (Å²) in [7, 11) is 0. The minimum atomic E-state index is 0.461. The van der Waals surface area contributed by atoms with Crippen molar-refractivity contribution in [2.24, 2.45) is 0 Å². The second-order valence-corrected chi connectivity index (χ2v) is 4.77. The largest absolute Gasteiger partial charge is 0.382 e. The van der Waals surface area contributed by atoms with E-state index in [9.17, 15) is 0 Å². The molecule has 20 heavy (non-hydrogen) atoms. The molecule has 0 aliphatic carbocycles. The molecule has 0 aliphatic heterocycles. The van der Waals surface area contributed by atoms with Gasteiger partial charge in [-0.2, -0.15) is 4.68 Å². The van der Waals surface area contributed by atoms with E-state index >= 15 is 0 Å². The number of pyridine rings is 1. The van der Waals surface area contributed by atoms with Crippen LogP contribution in [0.25, 0.3) is 16.9 Å². The molecule has 6 heteroatoms. The van der Waals surface area contributed by atoms with Crippen LogP contribution >= 0.6 is 11.6 Å². The smallest absolute Gasteiger partial charge is 0.155 e. The summed E-state index contributed by atoms with van der Waals surface area (Å²) in [5.74, 6) is 0.461. The van der Waals surface area contributed by atoms with Gasteiger partial charge in [-0.1, -0.05) is 22.9 Å². The van der Waals surface area contributed by atoms with E-state index in [4.69, 9.17) is 17.3 Å². The summed E-state index contributed by atoms with van der Waals surface area (Å²) in [6, 6.07) is 9.31. The van der Waals surface area contributed by atoms with Crippen molar-refractivity contribution in [3.05, 3.63) is 53.3 Å². The minimum Gasteiger partial charge on any atom is -0.382 e. The fraction of sp³-hybridized carbons (Fsp3) is 0.0714. The molecule has 0 aliphatic rings. The van der Waals surface area contributed by atoms with Crippen LogP contribution in [-0.4, -0.2) is 20.0 Å². The molecule has 0 saturated heterocycles. The molecule has 3 rings (SSSR count). The van der Waals surface area contributed by atoms with E-state index in [1.54, 1.807) is 17.1 Å². The van der Waals surface area contributed by atoms with Gasteiger partial charge in [0.1, 0.15) is 5.69 Å². The van der Waals surface area contributed by atoms with Crippen LogP contribution in [0.3, 0.4) is 0 Å². The number of rotatable bonds is 2. The first kappa shape index (κ1) is 12.6. The predicted molar refractivity (Wildman–Crippen MR) is 78.7 cm³/mol. The highest BCUT2D eigenvalue weighted by Crippen LogP contribution is 2.28. The third-order valence-corrected chi connectivity index (χ3v) is 3.52. The Labute approximate surface area is 121 Å². The van der Waals surface area contributed by atoms with Crippen LogP contribution in [0.1, 0.15) is 5.56 Å². The molecule has 5 nitrogen and oxygen atoms in total. The Morgan fingerprint density at radius 2 is 2.05 bits per heavy atom.